The van der Waals surface area contributed by atoms with Crippen LogP contribution < -0.4 is 10.6 Å². The lowest BCUT2D eigenvalue weighted by atomic mass is 9.91. The third kappa shape index (κ3) is 3.82. The first-order chi connectivity index (χ1) is 16.1. The van der Waals surface area contributed by atoms with Crippen LogP contribution in [0.4, 0.5) is 10.5 Å². The lowest BCUT2D eigenvalue weighted by Crippen LogP contribution is -2.41. The van der Waals surface area contributed by atoms with Gasteiger partial charge in [0.1, 0.15) is 6.04 Å². The fraction of sp³-hybridized carbons (Fsp3) is 0.259. The number of amides is 2. The highest BCUT2D eigenvalue weighted by Gasteiger charge is 2.30. The third-order valence-electron chi connectivity index (χ3n) is 6.66. The van der Waals surface area contributed by atoms with E-state index in [1.54, 1.807) is 0 Å². The molecule has 0 bridgehead atoms. The molecule has 4 aromatic rings. The highest BCUT2D eigenvalue weighted by Crippen LogP contribution is 2.35. The number of fused-ring (bicyclic) bond motifs is 4. The molecular weight excluding hydrogens is 414 g/mol. The van der Waals surface area contributed by atoms with E-state index in [1.807, 2.05) is 72.2 Å². The Balaban J connectivity index is 1.39. The molecule has 2 unspecified atom stereocenters. The number of aliphatic carboxylic acids is 1. The van der Waals surface area contributed by atoms with Crippen LogP contribution in [-0.2, 0) is 17.6 Å². The summed E-state index contributed by atoms with van der Waals surface area (Å²) in [4.78, 5) is 24.8. The average Bonchev–Trinajstić information content (AvgIpc) is 3.13. The van der Waals surface area contributed by atoms with E-state index in [2.05, 4.69) is 16.7 Å². The van der Waals surface area contributed by atoms with E-state index in [0.29, 0.717) is 12.8 Å². The number of anilines is 1. The zero-order chi connectivity index (χ0) is 22.9. The molecule has 5 rings (SSSR count). The molecule has 168 valence electrons. The molecule has 1 aliphatic carbocycles. The van der Waals surface area contributed by atoms with Gasteiger partial charge < -0.3 is 20.3 Å². The predicted molar refractivity (Wildman–Crippen MR) is 131 cm³/mol. The van der Waals surface area contributed by atoms with Crippen LogP contribution in [0.15, 0.2) is 66.7 Å². The highest BCUT2D eigenvalue weighted by atomic mass is 16.4. The van der Waals surface area contributed by atoms with Crippen molar-refractivity contribution in [2.24, 2.45) is 0 Å². The second kappa shape index (κ2) is 8.62. The molecule has 3 aromatic carbocycles. The van der Waals surface area contributed by atoms with Crippen molar-refractivity contribution >= 4 is 39.4 Å². The summed E-state index contributed by atoms with van der Waals surface area (Å²) in [6.45, 7) is 1.91. The first-order valence-electron chi connectivity index (χ1n) is 11.5. The second-order valence-electron chi connectivity index (χ2n) is 8.64. The van der Waals surface area contributed by atoms with Crippen molar-refractivity contribution < 1.29 is 14.7 Å². The summed E-state index contributed by atoms with van der Waals surface area (Å²) in [6, 6.07) is 21.0. The number of para-hydroxylation sites is 1. The number of urea groups is 1. The first-order valence-corrected chi connectivity index (χ1v) is 11.5. The minimum Gasteiger partial charge on any atom is -0.480 e. The molecule has 1 heterocycles. The molecule has 0 saturated carbocycles. The Labute approximate surface area is 192 Å². The van der Waals surface area contributed by atoms with Crippen LogP contribution in [0.5, 0.6) is 0 Å². The van der Waals surface area contributed by atoms with E-state index in [-0.39, 0.29) is 12.1 Å². The van der Waals surface area contributed by atoms with Crippen LogP contribution in [0.2, 0.25) is 0 Å². The van der Waals surface area contributed by atoms with Gasteiger partial charge in [0.05, 0.1) is 5.69 Å². The largest absolute Gasteiger partial charge is 0.480 e. The van der Waals surface area contributed by atoms with Gasteiger partial charge in [-0.05, 0) is 48.8 Å². The molecule has 0 spiro atoms. The molecule has 0 aliphatic heterocycles. The van der Waals surface area contributed by atoms with Gasteiger partial charge in [-0.25, -0.2) is 9.59 Å². The Morgan fingerprint density at radius 1 is 1.03 bits per heavy atom. The molecule has 1 aromatic heterocycles. The average molecular weight is 442 g/mol. The SMILES string of the molecule is CCC(C(=O)O)n1c2c(c3ccccc31)CC(NC(=O)Nc1cccc3ccccc13)CC2. The van der Waals surface area contributed by atoms with E-state index in [1.165, 1.54) is 0 Å². The maximum absolute atomic E-state index is 12.8. The Morgan fingerprint density at radius 2 is 1.76 bits per heavy atom. The first kappa shape index (κ1) is 21.1. The van der Waals surface area contributed by atoms with Gasteiger partial charge in [-0.2, -0.15) is 0 Å². The van der Waals surface area contributed by atoms with Gasteiger partial charge in [0, 0.05) is 28.0 Å². The van der Waals surface area contributed by atoms with Crippen molar-refractivity contribution in [3.8, 4) is 0 Å². The lowest BCUT2D eigenvalue weighted by Gasteiger charge is -2.26. The van der Waals surface area contributed by atoms with Crippen molar-refractivity contribution in [3.05, 3.63) is 78.0 Å². The molecular formula is C27H27N3O3. The number of rotatable bonds is 5. The Hall–Kier alpha value is -3.80. The monoisotopic (exact) mass is 441 g/mol. The number of nitrogens with zero attached hydrogens (tertiary/aromatic N) is 1. The van der Waals surface area contributed by atoms with Gasteiger partial charge in [-0.3, -0.25) is 0 Å². The summed E-state index contributed by atoms with van der Waals surface area (Å²) in [5.41, 5.74) is 3.97. The fourth-order valence-corrected chi connectivity index (χ4v) is 5.17. The second-order valence-corrected chi connectivity index (χ2v) is 8.64. The Bertz CT molecular complexity index is 1350. The van der Waals surface area contributed by atoms with Crippen LogP contribution in [-0.4, -0.2) is 27.7 Å². The van der Waals surface area contributed by atoms with Crippen LogP contribution in [0.3, 0.4) is 0 Å². The van der Waals surface area contributed by atoms with Crippen LogP contribution >= 0.6 is 0 Å². The molecule has 0 radical (unpaired) electrons. The maximum Gasteiger partial charge on any atom is 0.326 e. The number of hydrogen-bond acceptors (Lipinski definition) is 2. The van der Waals surface area contributed by atoms with E-state index >= 15 is 0 Å². The number of carbonyl (C=O) groups is 2. The van der Waals surface area contributed by atoms with Crippen molar-refractivity contribution in [2.45, 2.75) is 44.7 Å². The van der Waals surface area contributed by atoms with Gasteiger partial charge in [-0.1, -0.05) is 61.5 Å². The summed E-state index contributed by atoms with van der Waals surface area (Å²) >= 11 is 0. The fourth-order valence-electron chi connectivity index (χ4n) is 5.17. The molecule has 0 fully saturated rings. The van der Waals surface area contributed by atoms with Crippen molar-refractivity contribution in [1.29, 1.82) is 0 Å². The molecule has 1 aliphatic rings. The predicted octanol–water partition coefficient (Wildman–Crippen LogP) is 5.51. The molecule has 0 saturated heterocycles. The molecule has 6 nitrogen and oxygen atoms in total. The minimum absolute atomic E-state index is 0.0170. The topological polar surface area (TPSA) is 83.4 Å². The van der Waals surface area contributed by atoms with Crippen molar-refractivity contribution in [1.82, 2.24) is 9.88 Å². The van der Waals surface area contributed by atoms with E-state index in [9.17, 15) is 14.7 Å². The van der Waals surface area contributed by atoms with Crippen LogP contribution in [0, 0.1) is 0 Å². The number of carboxylic acids is 1. The molecule has 2 atom stereocenters. The summed E-state index contributed by atoms with van der Waals surface area (Å²) in [5.74, 6) is -0.809. The van der Waals surface area contributed by atoms with Crippen molar-refractivity contribution in [2.75, 3.05) is 5.32 Å². The van der Waals surface area contributed by atoms with Gasteiger partial charge in [-0.15, -0.1) is 0 Å². The van der Waals surface area contributed by atoms with Crippen LogP contribution in [0.25, 0.3) is 21.7 Å². The third-order valence-corrected chi connectivity index (χ3v) is 6.66. The molecule has 6 heteroatoms. The smallest absolute Gasteiger partial charge is 0.326 e. The van der Waals surface area contributed by atoms with Crippen molar-refractivity contribution in [3.63, 3.8) is 0 Å². The minimum atomic E-state index is -0.809. The number of aromatic nitrogens is 1. The van der Waals surface area contributed by atoms with E-state index < -0.39 is 12.0 Å². The summed E-state index contributed by atoms with van der Waals surface area (Å²) < 4.78 is 2.00. The normalized spacial score (nSPS) is 16.3. The number of carboxylic acid groups (broad SMARTS) is 1. The summed E-state index contributed by atoms with van der Waals surface area (Å²) in [7, 11) is 0. The number of benzene rings is 3. The molecule has 2 amide bonds. The van der Waals surface area contributed by atoms with Gasteiger partial charge in [0.2, 0.25) is 0 Å². The molecule has 3 N–H and O–H groups in total. The zero-order valence-corrected chi connectivity index (χ0v) is 18.5. The van der Waals surface area contributed by atoms with Gasteiger partial charge in [0.15, 0.2) is 0 Å². The summed E-state index contributed by atoms with van der Waals surface area (Å²) in [5, 5.41) is 19.1. The Kier molecular flexibility index (Phi) is 5.50. The van der Waals surface area contributed by atoms with E-state index in [0.717, 1.165) is 51.5 Å². The quantitative estimate of drug-likeness (QED) is 0.382. The zero-order valence-electron chi connectivity index (χ0n) is 18.5. The van der Waals surface area contributed by atoms with E-state index in [4.69, 9.17) is 0 Å². The number of carbonyl (C=O) groups excluding carboxylic acids is 1. The highest BCUT2D eigenvalue weighted by molar-refractivity contribution is 6.01. The van der Waals surface area contributed by atoms with Gasteiger partial charge in [0.25, 0.3) is 0 Å². The van der Waals surface area contributed by atoms with Gasteiger partial charge >= 0.3 is 12.0 Å². The Morgan fingerprint density at radius 3 is 2.55 bits per heavy atom. The molecule has 33 heavy (non-hydrogen) atoms. The number of hydrogen-bond donors (Lipinski definition) is 3. The summed E-state index contributed by atoms with van der Waals surface area (Å²) in [6.07, 6.45) is 2.70. The standard InChI is InChI=1S/C27H27N3O3/c1-2-23(26(31)32)30-24-13-6-5-11-20(24)21-16-18(14-15-25(21)30)28-27(33)29-22-12-7-9-17-8-3-4-10-19(17)22/h3-13,18,23H,2,14-16H2,1H3,(H,31,32)(H2,28,29,33). The van der Waals surface area contributed by atoms with Crippen LogP contribution in [0.1, 0.15) is 37.1 Å². The number of nitrogens with one attached hydrogen (secondary N) is 2. The lowest BCUT2D eigenvalue weighted by molar-refractivity contribution is -0.140. The maximum atomic E-state index is 12.8.